The summed E-state index contributed by atoms with van der Waals surface area (Å²) in [7, 11) is 0. The molecule has 0 heterocycles. The average molecular weight is 183 g/mol. The van der Waals surface area contributed by atoms with Crippen LogP contribution in [0.15, 0.2) is 12.3 Å². The van der Waals surface area contributed by atoms with Crippen molar-refractivity contribution in [3.05, 3.63) is 12.3 Å². The Morgan fingerprint density at radius 1 is 1.38 bits per heavy atom. The number of allylic oxidation sites excluding steroid dienone is 1. The van der Waals surface area contributed by atoms with E-state index in [9.17, 15) is 0 Å². The van der Waals surface area contributed by atoms with E-state index >= 15 is 0 Å². The van der Waals surface area contributed by atoms with Crippen LogP contribution in [0.2, 0.25) is 0 Å². The second-order valence-electron chi connectivity index (χ2n) is 4.53. The molecule has 0 aromatic heterocycles. The van der Waals surface area contributed by atoms with Crippen LogP contribution in [-0.4, -0.2) is 0 Å². The minimum atomic E-state index is 0.491. The summed E-state index contributed by atoms with van der Waals surface area (Å²) in [6, 6.07) is 0. The Balaban J connectivity index is 0.000000671. The fraction of sp³-hybridized carbons (Fsp3) is 0.833. The van der Waals surface area contributed by atoms with Crippen LogP contribution in [0.3, 0.4) is 0 Å². The smallest absolute Gasteiger partial charge is 0.00392 e. The summed E-state index contributed by atoms with van der Waals surface area (Å²) in [5, 5.41) is 0. The third-order valence-electron chi connectivity index (χ3n) is 2.73. The number of hydrogen-bond donors (Lipinski definition) is 1. The molecule has 0 aliphatic heterocycles. The summed E-state index contributed by atoms with van der Waals surface area (Å²) < 4.78 is 0. The first-order chi connectivity index (χ1) is 6.01. The fourth-order valence-electron chi connectivity index (χ4n) is 2.01. The van der Waals surface area contributed by atoms with E-state index < -0.39 is 0 Å². The maximum Gasteiger partial charge on any atom is 0.00392 e. The lowest BCUT2D eigenvalue weighted by atomic mass is 9.71. The first-order valence-electron chi connectivity index (χ1n) is 5.45. The highest BCUT2D eigenvalue weighted by molar-refractivity contribution is 4.98. The molecule has 78 valence electrons. The summed E-state index contributed by atoms with van der Waals surface area (Å²) in [5.41, 5.74) is 7.07. The molecular formula is C12H25N. The quantitative estimate of drug-likeness (QED) is 0.659. The van der Waals surface area contributed by atoms with Crippen LogP contribution < -0.4 is 5.73 Å². The molecule has 0 bridgehead atoms. The second kappa shape index (κ2) is 5.31. The lowest BCUT2D eigenvalue weighted by Gasteiger charge is -2.35. The van der Waals surface area contributed by atoms with Gasteiger partial charge in [-0.2, -0.15) is 0 Å². The molecule has 1 fully saturated rings. The first kappa shape index (κ1) is 12.5. The summed E-state index contributed by atoms with van der Waals surface area (Å²) >= 11 is 0. The first-order valence-corrected chi connectivity index (χ1v) is 5.45. The van der Waals surface area contributed by atoms with Gasteiger partial charge >= 0.3 is 0 Å². The minimum absolute atomic E-state index is 0.491. The Morgan fingerprint density at radius 3 is 2.23 bits per heavy atom. The molecule has 0 radical (unpaired) electrons. The van der Waals surface area contributed by atoms with Crippen LogP contribution in [0.25, 0.3) is 0 Å². The van der Waals surface area contributed by atoms with Crippen LogP contribution in [0.5, 0.6) is 0 Å². The maximum atomic E-state index is 5.69. The van der Waals surface area contributed by atoms with Crippen LogP contribution in [0, 0.1) is 11.3 Å². The number of rotatable bonds is 1. The third kappa shape index (κ3) is 4.35. The van der Waals surface area contributed by atoms with Crippen LogP contribution in [0.4, 0.5) is 0 Å². The van der Waals surface area contributed by atoms with Gasteiger partial charge in [-0.25, -0.2) is 0 Å². The Hall–Kier alpha value is -0.460. The van der Waals surface area contributed by atoms with Crippen LogP contribution in [0.1, 0.15) is 53.4 Å². The molecule has 0 aromatic rings. The highest BCUT2D eigenvalue weighted by Gasteiger charge is 2.28. The van der Waals surface area contributed by atoms with Crippen molar-refractivity contribution < 1.29 is 0 Å². The Kier molecular flexibility index (Phi) is 5.12. The van der Waals surface area contributed by atoms with Crippen molar-refractivity contribution >= 4 is 0 Å². The Labute approximate surface area is 83.4 Å². The van der Waals surface area contributed by atoms with Crippen LogP contribution >= 0.6 is 0 Å². The monoisotopic (exact) mass is 183 g/mol. The van der Waals surface area contributed by atoms with E-state index in [2.05, 4.69) is 20.4 Å². The Bertz CT molecular complexity index is 159. The minimum Gasteiger partial charge on any atom is -0.402 e. The van der Waals surface area contributed by atoms with Gasteiger partial charge in [0.2, 0.25) is 0 Å². The van der Waals surface area contributed by atoms with Gasteiger partial charge in [-0.05, 0) is 30.6 Å². The zero-order valence-electron chi connectivity index (χ0n) is 9.69. The molecule has 0 spiro atoms. The highest BCUT2D eigenvalue weighted by atomic mass is 14.6. The largest absolute Gasteiger partial charge is 0.402 e. The van der Waals surface area contributed by atoms with Crippen molar-refractivity contribution in [3.63, 3.8) is 0 Å². The Morgan fingerprint density at radius 2 is 1.92 bits per heavy atom. The molecule has 1 heteroatoms. The molecule has 0 saturated heterocycles. The standard InChI is InChI=1S/C10H19N.C2H6/c1-8(11)9-5-4-6-10(2,3)7-9;1-2/h9H,1,4-7,11H2,2-3H3;1-2H3. The molecule has 1 rings (SSSR count). The summed E-state index contributed by atoms with van der Waals surface area (Å²) in [6.07, 6.45) is 5.13. The van der Waals surface area contributed by atoms with Crippen molar-refractivity contribution in [2.24, 2.45) is 17.1 Å². The van der Waals surface area contributed by atoms with Crippen molar-refractivity contribution in [3.8, 4) is 0 Å². The second-order valence-corrected chi connectivity index (χ2v) is 4.53. The molecule has 1 aliphatic rings. The van der Waals surface area contributed by atoms with Gasteiger partial charge in [0.15, 0.2) is 0 Å². The van der Waals surface area contributed by atoms with Gasteiger partial charge in [-0.3, -0.25) is 0 Å². The molecule has 1 saturated carbocycles. The maximum absolute atomic E-state index is 5.69. The molecule has 1 nitrogen and oxygen atoms in total. The third-order valence-corrected chi connectivity index (χ3v) is 2.73. The van der Waals surface area contributed by atoms with Crippen molar-refractivity contribution in [2.45, 2.75) is 53.4 Å². The van der Waals surface area contributed by atoms with Gasteiger partial charge in [0.1, 0.15) is 0 Å². The van der Waals surface area contributed by atoms with E-state index in [-0.39, 0.29) is 0 Å². The van der Waals surface area contributed by atoms with Crippen molar-refractivity contribution in [1.29, 1.82) is 0 Å². The fourth-order valence-corrected chi connectivity index (χ4v) is 2.01. The lowest BCUT2D eigenvalue weighted by Crippen LogP contribution is -2.25. The normalized spacial score (nSPS) is 25.7. The van der Waals surface area contributed by atoms with Gasteiger partial charge in [-0.1, -0.05) is 40.7 Å². The van der Waals surface area contributed by atoms with Gasteiger partial charge in [-0.15, -0.1) is 0 Å². The molecule has 13 heavy (non-hydrogen) atoms. The zero-order valence-corrected chi connectivity index (χ0v) is 9.69. The van der Waals surface area contributed by atoms with E-state index in [1.807, 2.05) is 13.8 Å². The van der Waals surface area contributed by atoms with Gasteiger partial charge in [0.25, 0.3) is 0 Å². The molecule has 0 amide bonds. The molecule has 0 aromatic carbocycles. The molecule has 1 aliphatic carbocycles. The lowest BCUT2D eigenvalue weighted by molar-refractivity contribution is 0.199. The highest BCUT2D eigenvalue weighted by Crippen LogP contribution is 2.39. The van der Waals surface area contributed by atoms with E-state index in [4.69, 9.17) is 5.73 Å². The van der Waals surface area contributed by atoms with Crippen LogP contribution in [-0.2, 0) is 0 Å². The molecular weight excluding hydrogens is 158 g/mol. The van der Waals surface area contributed by atoms with E-state index in [1.54, 1.807) is 0 Å². The summed E-state index contributed by atoms with van der Waals surface area (Å²) in [4.78, 5) is 0. The SMILES string of the molecule is C=C(N)C1CCCC(C)(C)C1.CC. The van der Waals surface area contributed by atoms with Crippen molar-refractivity contribution in [1.82, 2.24) is 0 Å². The van der Waals surface area contributed by atoms with Gasteiger partial charge in [0, 0.05) is 5.70 Å². The van der Waals surface area contributed by atoms with E-state index in [0.717, 1.165) is 5.70 Å². The number of nitrogens with two attached hydrogens (primary N) is 1. The summed E-state index contributed by atoms with van der Waals surface area (Å²) in [5.74, 6) is 0.582. The topological polar surface area (TPSA) is 26.0 Å². The number of hydrogen-bond acceptors (Lipinski definition) is 1. The summed E-state index contributed by atoms with van der Waals surface area (Å²) in [6.45, 7) is 12.5. The van der Waals surface area contributed by atoms with Crippen molar-refractivity contribution in [2.75, 3.05) is 0 Å². The van der Waals surface area contributed by atoms with E-state index in [1.165, 1.54) is 25.7 Å². The van der Waals surface area contributed by atoms with Gasteiger partial charge < -0.3 is 5.73 Å². The predicted molar refractivity (Wildman–Crippen MR) is 60.4 cm³/mol. The van der Waals surface area contributed by atoms with Gasteiger partial charge in [0.05, 0.1) is 0 Å². The molecule has 1 atom stereocenters. The average Bonchev–Trinajstić information content (AvgIpc) is 2.06. The predicted octanol–water partition coefficient (Wildman–Crippen LogP) is 3.70. The molecule has 1 unspecified atom stereocenters. The molecule has 2 N–H and O–H groups in total. The zero-order chi connectivity index (χ0) is 10.5. The van der Waals surface area contributed by atoms with E-state index in [0.29, 0.717) is 11.3 Å².